The normalized spacial score (nSPS) is 20.1. The Morgan fingerprint density at radius 2 is 1.78 bits per heavy atom. The van der Waals surface area contributed by atoms with Crippen LogP contribution in [0.2, 0.25) is 0 Å². The van der Waals surface area contributed by atoms with Gasteiger partial charge in [0, 0.05) is 32.1 Å². The number of aliphatic carboxylic acids is 1. The number of hydrogen-bond donors (Lipinski definition) is 1. The summed E-state index contributed by atoms with van der Waals surface area (Å²) in [6.45, 7) is 5.35. The van der Waals surface area contributed by atoms with Gasteiger partial charge in [0.05, 0.1) is 17.0 Å². The number of carbonyl (C=O) groups excluding carboxylic acids is 1. The highest BCUT2D eigenvalue weighted by atomic mass is 16.4. The maximum atomic E-state index is 12.8. The summed E-state index contributed by atoms with van der Waals surface area (Å²) in [6, 6.07) is 7.30. The van der Waals surface area contributed by atoms with Crippen molar-refractivity contribution in [3.8, 4) is 0 Å². The number of carboxylic acid groups (broad SMARTS) is 1. The number of para-hydroxylation sites is 2. The maximum absolute atomic E-state index is 12.8. The highest BCUT2D eigenvalue weighted by Gasteiger charge is 2.35. The molecule has 1 saturated heterocycles. The van der Waals surface area contributed by atoms with Gasteiger partial charge in [0.25, 0.3) is 0 Å². The topological polar surface area (TPSA) is 84.5 Å². The van der Waals surface area contributed by atoms with E-state index in [1.165, 1.54) is 0 Å². The fourth-order valence-corrected chi connectivity index (χ4v) is 4.10. The number of amides is 1. The smallest absolute Gasteiger partial charge is 0.329 e. The van der Waals surface area contributed by atoms with Crippen LogP contribution in [0.15, 0.2) is 29.1 Å². The number of nitrogens with zero attached hydrogens (tertiary/aromatic N) is 3. The second kappa shape index (κ2) is 7.98. The standard InChI is InChI=1S/C20H27N3O4/c1-3-11-22-16-8-4-5-9-17(16)23(20(22)27)13-10-18(24)21-12-6-7-15(14(21)2)19(25)26/h4-5,8-9,14-15H,3,6-7,10-13H2,1-2H3,(H,25,26)/t14-,15-/m0/s1. The van der Waals surface area contributed by atoms with Gasteiger partial charge in [0.1, 0.15) is 0 Å². The van der Waals surface area contributed by atoms with E-state index >= 15 is 0 Å². The average molecular weight is 373 g/mol. The van der Waals surface area contributed by atoms with Gasteiger partial charge < -0.3 is 10.0 Å². The Bertz CT molecular complexity index is 898. The number of aryl methyl sites for hydroxylation is 2. The summed E-state index contributed by atoms with van der Waals surface area (Å²) in [5, 5.41) is 9.34. The van der Waals surface area contributed by atoms with Crippen LogP contribution < -0.4 is 5.69 Å². The highest BCUT2D eigenvalue weighted by molar-refractivity contribution is 5.79. The molecule has 0 spiro atoms. The van der Waals surface area contributed by atoms with Gasteiger partial charge in [-0.05, 0) is 38.3 Å². The van der Waals surface area contributed by atoms with E-state index in [1.54, 1.807) is 21.0 Å². The molecule has 27 heavy (non-hydrogen) atoms. The van der Waals surface area contributed by atoms with E-state index in [-0.39, 0.29) is 24.1 Å². The lowest BCUT2D eigenvalue weighted by Crippen LogP contribution is -2.49. The molecule has 2 aromatic rings. The number of fused-ring (bicyclic) bond motifs is 1. The van der Waals surface area contributed by atoms with Crippen LogP contribution >= 0.6 is 0 Å². The van der Waals surface area contributed by atoms with Crippen molar-refractivity contribution in [2.45, 2.75) is 58.7 Å². The number of imidazole rings is 1. The first-order valence-corrected chi connectivity index (χ1v) is 9.66. The van der Waals surface area contributed by atoms with Crippen LogP contribution in [0.25, 0.3) is 11.0 Å². The Morgan fingerprint density at radius 3 is 2.37 bits per heavy atom. The second-order valence-electron chi connectivity index (χ2n) is 7.24. The summed E-state index contributed by atoms with van der Waals surface area (Å²) < 4.78 is 3.41. The molecule has 1 fully saturated rings. The van der Waals surface area contributed by atoms with Crippen molar-refractivity contribution < 1.29 is 14.7 Å². The SMILES string of the molecule is CCCn1c(=O)n(CCC(=O)N2CCC[C@H](C(=O)O)[C@@H]2C)c2ccccc21. The maximum Gasteiger partial charge on any atom is 0.329 e. The molecule has 0 radical (unpaired) electrons. The van der Waals surface area contributed by atoms with E-state index in [9.17, 15) is 19.5 Å². The Balaban J connectivity index is 1.79. The Hall–Kier alpha value is -2.57. The lowest BCUT2D eigenvalue weighted by Gasteiger charge is -2.37. The quantitative estimate of drug-likeness (QED) is 0.842. The summed E-state index contributed by atoms with van der Waals surface area (Å²) in [6.07, 6.45) is 2.35. The summed E-state index contributed by atoms with van der Waals surface area (Å²) in [4.78, 5) is 38.6. The minimum atomic E-state index is -0.848. The molecule has 0 saturated carbocycles. The van der Waals surface area contributed by atoms with Crippen molar-refractivity contribution in [2.24, 2.45) is 5.92 Å². The van der Waals surface area contributed by atoms with Crippen molar-refractivity contribution in [3.63, 3.8) is 0 Å². The first kappa shape index (κ1) is 19.2. The largest absolute Gasteiger partial charge is 0.481 e. The predicted octanol–water partition coefficient (Wildman–Crippen LogP) is 2.31. The molecular formula is C20H27N3O4. The van der Waals surface area contributed by atoms with Gasteiger partial charge in [-0.25, -0.2) is 4.79 Å². The highest BCUT2D eigenvalue weighted by Crippen LogP contribution is 2.24. The molecule has 1 aliphatic heterocycles. The molecule has 2 atom stereocenters. The monoisotopic (exact) mass is 373 g/mol. The number of benzene rings is 1. The molecule has 1 amide bonds. The molecule has 1 N–H and O–H groups in total. The van der Waals surface area contributed by atoms with Crippen LogP contribution in [0.3, 0.4) is 0 Å². The van der Waals surface area contributed by atoms with Gasteiger partial charge in [0.2, 0.25) is 5.91 Å². The van der Waals surface area contributed by atoms with Gasteiger partial charge in [0.15, 0.2) is 0 Å². The molecule has 7 heteroatoms. The van der Waals surface area contributed by atoms with E-state index in [0.29, 0.717) is 32.5 Å². The first-order chi connectivity index (χ1) is 13.0. The zero-order valence-electron chi connectivity index (χ0n) is 15.9. The van der Waals surface area contributed by atoms with Crippen LogP contribution in [-0.2, 0) is 22.7 Å². The number of rotatable bonds is 6. The molecule has 1 aliphatic rings. The van der Waals surface area contributed by atoms with Crippen LogP contribution in [0.4, 0.5) is 0 Å². The molecule has 146 valence electrons. The van der Waals surface area contributed by atoms with Crippen LogP contribution in [0, 0.1) is 5.92 Å². The minimum Gasteiger partial charge on any atom is -0.481 e. The second-order valence-corrected chi connectivity index (χ2v) is 7.24. The van der Waals surface area contributed by atoms with Crippen molar-refractivity contribution in [1.82, 2.24) is 14.0 Å². The zero-order valence-corrected chi connectivity index (χ0v) is 15.9. The molecule has 7 nitrogen and oxygen atoms in total. The Morgan fingerprint density at radius 1 is 1.15 bits per heavy atom. The number of likely N-dealkylation sites (tertiary alicyclic amines) is 1. The summed E-state index contributed by atoms with van der Waals surface area (Å²) in [5.74, 6) is -1.46. The van der Waals surface area contributed by atoms with Gasteiger partial charge in [-0.15, -0.1) is 0 Å². The number of carbonyl (C=O) groups is 2. The van der Waals surface area contributed by atoms with E-state index in [2.05, 4.69) is 0 Å². The van der Waals surface area contributed by atoms with E-state index in [4.69, 9.17) is 0 Å². The third-order valence-corrected chi connectivity index (χ3v) is 5.55. The van der Waals surface area contributed by atoms with Crippen molar-refractivity contribution in [2.75, 3.05) is 6.54 Å². The van der Waals surface area contributed by atoms with Crippen molar-refractivity contribution >= 4 is 22.9 Å². The zero-order chi connectivity index (χ0) is 19.6. The lowest BCUT2D eigenvalue weighted by molar-refractivity contribution is -0.149. The summed E-state index contributed by atoms with van der Waals surface area (Å²) in [7, 11) is 0. The first-order valence-electron chi connectivity index (χ1n) is 9.66. The number of carboxylic acids is 1. The van der Waals surface area contributed by atoms with Crippen molar-refractivity contribution in [1.29, 1.82) is 0 Å². The third kappa shape index (κ3) is 3.63. The molecule has 1 aromatic carbocycles. The number of piperidine rings is 1. The summed E-state index contributed by atoms with van der Waals surface area (Å²) in [5.41, 5.74) is 1.62. The molecule has 1 aromatic heterocycles. The summed E-state index contributed by atoms with van der Waals surface area (Å²) >= 11 is 0. The van der Waals surface area contributed by atoms with Crippen LogP contribution in [0.5, 0.6) is 0 Å². The molecule has 0 bridgehead atoms. The molecule has 0 unspecified atom stereocenters. The third-order valence-electron chi connectivity index (χ3n) is 5.55. The lowest BCUT2D eigenvalue weighted by atomic mass is 9.90. The average Bonchev–Trinajstić information content (AvgIpc) is 2.92. The van der Waals surface area contributed by atoms with Crippen LogP contribution in [-0.4, -0.2) is 43.6 Å². The van der Waals surface area contributed by atoms with Gasteiger partial charge in [-0.2, -0.15) is 0 Å². The molecule has 0 aliphatic carbocycles. The van der Waals surface area contributed by atoms with Crippen LogP contribution in [0.1, 0.15) is 39.5 Å². The predicted molar refractivity (Wildman–Crippen MR) is 103 cm³/mol. The molecular weight excluding hydrogens is 346 g/mol. The number of aromatic nitrogens is 2. The van der Waals surface area contributed by atoms with Gasteiger partial charge >= 0.3 is 11.7 Å². The fourth-order valence-electron chi connectivity index (χ4n) is 4.10. The van der Waals surface area contributed by atoms with Gasteiger partial charge in [-0.1, -0.05) is 19.1 Å². The molecule has 3 rings (SSSR count). The minimum absolute atomic E-state index is 0.0901. The fraction of sp³-hybridized carbons (Fsp3) is 0.550. The molecule has 2 heterocycles. The van der Waals surface area contributed by atoms with E-state index in [1.807, 2.05) is 31.2 Å². The van der Waals surface area contributed by atoms with Gasteiger partial charge in [-0.3, -0.25) is 18.7 Å². The Kier molecular flexibility index (Phi) is 5.68. The van der Waals surface area contributed by atoms with E-state index in [0.717, 1.165) is 17.5 Å². The Labute approximate surface area is 158 Å². The van der Waals surface area contributed by atoms with E-state index < -0.39 is 11.9 Å². The number of hydrogen-bond acceptors (Lipinski definition) is 3. The van der Waals surface area contributed by atoms with Crippen molar-refractivity contribution in [3.05, 3.63) is 34.7 Å².